The molecule has 3 aromatic carbocycles. The Labute approximate surface area is 228 Å². The molecule has 0 saturated heterocycles. The van der Waals surface area contributed by atoms with Gasteiger partial charge >= 0.3 is 7.60 Å². The lowest BCUT2D eigenvalue weighted by atomic mass is 10.1. The minimum absolute atomic E-state index is 0.0230. The molecule has 0 bridgehead atoms. The van der Waals surface area contributed by atoms with E-state index in [9.17, 15) is 13.8 Å². The largest absolute Gasteiger partial charge is 0.357 e. The van der Waals surface area contributed by atoms with Crippen molar-refractivity contribution in [3.8, 4) is 0 Å². The number of thiocarbonyl (C=S) groups is 1. The van der Waals surface area contributed by atoms with E-state index in [1.54, 1.807) is 44.2 Å². The Bertz CT molecular complexity index is 1220. The van der Waals surface area contributed by atoms with E-state index < -0.39 is 25.2 Å². The zero-order chi connectivity index (χ0) is 27.4. The van der Waals surface area contributed by atoms with Gasteiger partial charge in [0.15, 0.2) is 10.9 Å². The molecule has 1 unspecified atom stereocenters. The van der Waals surface area contributed by atoms with E-state index in [0.29, 0.717) is 17.5 Å². The number of carbonyl (C=O) groups excluding carboxylic acids is 1. The summed E-state index contributed by atoms with van der Waals surface area (Å²) in [5.74, 6) is -1.66. The van der Waals surface area contributed by atoms with Gasteiger partial charge in [-0.05, 0) is 43.3 Å². The quantitative estimate of drug-likeness (QED) is 0.189. The van der Waals surface area contributed by atoms with E-state index in [4.69, 9.17) is 21.3 Å². The monoisotopic (exact) mass is 557 g/mol. The highest BCUT2D eigenvalue weighted by atomic mass is 32.1. The number of rotatable bonds is 13. The number of nitrogens with one attached hydrogen (secondary N) is 3. The highest BCUT2D eigenvalue weighted by molar-refractivity contribution is 7.80. The third-order valence-corrected chi connectivity index (χ3v) is 8.16. The lowest BCUT2D eigenvalue weighted by molar-refractivity contribution is -0.122. The summed E-state index contributed by atoms with van der Waals surface area (Å²) < 4.78 is 39.0. The molecule has 38 heavy (non-hydrogen) atoms. The molecular weight excluding hydrogens is 524 g/mol. The number of halogens is 1. The van der Waals surface area contributed by atoms with Crippen LogP contribution in [0.15, 0.2) is 84.9 Å². The third kappa shape index (κ3) is 8.46. The SMILES string of the molecule is CCOP(=O)(OCC)C(NC(=S)N[C@H](Cc1ccccc1)C(=O)NCc1ccccc1F)c1ccccc1. The van der Waals surface area contributed by atoms with Gasteiger partial charge in [-0.1, -0.05) is 78.9 Å². The van der Waals surface area contributed by atoms with Crippen LogP contribution in [-0.2, 0) is 31.4 Å². The zero-order valence-corrected chi connectivity index (χ0v) is 23.1. The Morgan fingerprint density at radius 3 is 2.08 bits per heavy atom. The van der Waals surface area contributed by atoms with E-state index >= 15 is 0 Å². The maximum Gasteiger partial charge on any atom is 0.357 e. The van der Waals surface area contributed by atoms with Crippen LogP contribution in [0, 0.1) is 5.82 Å². The predicted octanol–water partition coefficient (Wildman–Crippen LogP) is 5.48. The second-order valence-corrected chi connectivity index (χ2v) is 10.9. The van der Waals surface area contributed by atoms with Gasteiger partial charge < -0.3 is 25.0 Å². The smallest absolute Gasteiger partial charge is 0.351 e. The second kappa shape index (κ2) is 14.7. The summed E-state index contributed by atoms with van der Waals surface area (Å²) in [6, 6.07) is 24.0. The number of hydrogen-bond acceptors (Lipinski definition) is 5. The van der Waals surface area contributed by atoms with Crippen molar-refractivity contribution in [3.63, 3.8) is 0 Å². The van der Waals surface area contributed by atoms with E-state index in [1.807, 2.05) is 48.5 Å². The van der Waals surface area contributed by atoms with Gasteiger partial charge in [0, 0.05) is 18.5 Å². The van der Waals surface area contributed by atoms with Crippen LogP contribution in [0.4, 0.5) is 4.39 Å². The summed E-state index contributed by atoms with van der Waals surface area (Å²) in [4.78, 5) is 13.2. The molecule has 202 valence electrons. The molecule has 0 aliphatic heterocycles. The van der Waals surface area contributed by atoms with E-state index in [1.165, 1.54) is 6.07 Å². The van der Waals surface area contributed by atoms with Crippen LogP contribution in [0.3, 0.4) is 0 Å². The maximum absolute atomic E-state index is 14.1. The Kier molecular flexibility index (Phi) is 11.4. The number of carbonyl (C=O) groups is 1. The van der Waals surface area contributed by atoms with Crippen LogP contribution in [0.1, 0.15) is 36.3 Å². The third-order valence-electron chi connectivity index (χ3n) is 5.63. The lowest BCUT2D eigenvalue weighted by Gasteiger charge is -2.29. The van der Waals surface area contributed by atoms with Gasteiger partial charge in [0.05, 0.1) is 13.2 Å². The number of benzene rings is 3. The molecule has 0 aliphatic carbocycles. The molecule has 0 saturated carbocycles. The first-order valence-corrected chi connectivity index (χ1v) is 14.4. The highest BCUT2D eigenvalue weighted by Crippen LogP contribution is 2.59. The molecule has 0 fully saturated rings. The molecule has 3 rings (SSSR count). The number of amides is 1. The summed E-state index contributed by atoms with van der Waals surface area (Å²) in [6.07, 6.45) is 0.316. The average molecular weight is 558 g/mol. The van der Waals surface area contributed by atoms with Crippen LogP contribution in [0.25, 0.3) is 0 Å². The van der Waals surface area contributed by atoms with E-state index in [2.05, 4.69) is 16.0 Å². The Morgan fingerprint density at radius 2 is 1.47 bits per heavy atom. The van der Waals surface area contributed by atoms with Crippen LogP contribution < -0.4 is 16.0 Å². The minimum Gasteiger partial charge on any atom is -0.351 e. The zero-order valence-electron chi connectivity index (χ0n) is 21.4. The Hall–Kier alpha value is -3.10. The van der Waals surface area contributed by atoms with Gasteiger partial charge in [-0.25, -0.2) is 4.39 Å². The van der Waals surface area contributed by atoms with Crippen LogP contribution in [0.5, 0.6) is 0 Å². The molecule has 3 aromatic rings. The normalized spacial score (nSPS) is 12.8. The van der Waals surface area contributed by atoms with Crippen LogP contribution in [0.2, 0.25) is 0 Å². The number of hydrogen-bond donors (Lipinski definition) is 3. The fourth-order valence-electron chi connectivity index (χ4n) is 3.86. The van der Waals surface area contributed by atoms with Gasteiger partial charge in [-0.2, -0.15) is 0 Å². The predicted molar refractivity (Wildman–Crippen MR) is 151 cm³/mol. The van der Waals surface area contributed by atoms with Crippen molar-refractivity contribution >= 4 is 30.8 Å². The molecule has 0 radical (unpaired) electrons. The Morgan fingerprint density at radius 1 is 0.895 bits per heavy atom. The fourth-order valence-corrected chi connectivity index (χ4v) is 6.12. The van der Waals surface area contributed by atoms with Crippen molar-refractivity contribution in [1.29, 1.82) is 0 Å². The standard InChI is InChI=1S/C28H33FN3O4PS/c1-3-35-37(34,36-4-2)27(22-15-9-6-10-16-22)32-28(38)31-25(19-21-13-7-5-8-14-21)26(33)30-20-23-17-11-12-18-24(23)29/h5-18,25,27H,3-4,19-20H2,1-2H3,(H,30,33)(H2,31,32,38)/t25-,27?/m1/s1. The van der Waals surface area contributed by atoms with Crippen molar-refractivity contribution in [2.45, 2.75) is 38.6 Å². The molecule has 0 aromatic heterocycles. The van der Waals surface area contributed by atoms with Crippen molar-refractivity contribution in [3.05, 3.63) is 107 Å². The van der Waals surface area contributed by atoms with Gasteiger partial charge in [0.25, 0.3) is 0 Å². The first-order chi connectivity index (χ1) is 18.4. The van der Waals surface area contributed by atoms with Gasteiger partial charge in [-0.15, -0.1) is 0 Å². The molecule has 2 atom stereocenters. The molecule has 1 amide bonds. The summed E-state index contributed by atoms with van der Waals surface area (Å²) in [5, 5.41) is 9.01. The molecule has 0 heterocycles. The van der Waals surface area contributed by atoms with Crippen molar-refractivity contribution in [2.24, 2.45) is 0 Å². The van der Waals surface area contributed by atoms with Gasteiger partial charge in [0.1, 0.15) is 11.9 Å². The maximum atomic E-state index is 14.1. The minimum atomic E-state index is -3.68. The molecular formula is C28H33FN3O4PS. The van der Waals surface area contributed by atoms with Gasteiger partial charge in [0.2, 0.25) is 5.91 Å². The van der Waals surface area contributed by atoms with Crippen molar-refractivity contribution in [1.82, 2.24) is 16.0 Å². The molecule has 10 heteroatoms. The fraction of sp³-hybridized carbons (Fsp3) is 0.286. The molecule has 7 nitrogen and oxygen atoms in total. The van der Waals surface area contributed by atoms with Crippen LogP contribution in [-0.4, -0.2) is 30.3 Å². The molecule has 0 spiro atoms. The van der Waals surface area contributed by atoms with E-state index in [-0.39, 0.29) is 30.8 Å². The summed E-state index contributed by atoms with van der Waals surface area (Å²) in [7, 11) is -3.68. The summed E-state index contributed by atoms with van der Waals surface area (Å²) in [5.41, 5.74) is 1.94. The summed E-state index contributed by atoms with van der Waals surface area (Å²) in [6.45, 7) is 3.85. The van der Waals surface area contributed by atoms with Crippen molar-refractivity contribution in [2.75, 3.05) is 13.2 Å². The average Bonchev–Trinajstić information content (AvgIpc) is 2.92. The van der Waals surface area contributed by atoms with Gasteiger partial charge in [-0.3, -0.25) is 9.36 Å². The van der Waals surface area contributed by atoms with Crippen LogP contribution >= 0.6 is 19.8 Å². The molecule has 0 aliphatic rings. The summed E-state index contributed by atoms with van der Waals surface area (Å²) >= 11 is 5.58. The Balaban J connectivity index is 1.81. The second-order valence-electron chi connectivity index (χ2n) is 8.36. The lowest BCUT2D eigenvalue weighted by Crippen LogP contribution is -2.51. The first-order valence-electron chi connectivity index (χ1n) is 12.4. The van der Waals surface area contributed by atoms with E-state index in [0.717, 1.165) is 5.56 Å². The molecule has 3 N–H and O–H groups in total. The first kappa shape index (κ1) is 29.5. The van der Waals surface area contributed by atoms with Crippen molar-refractivity contribution < 1.29 is 22.8 Å². The topological polar surface area (TPSA) is 88.7 Å². The highest BCUT2D eigenvalue weighted by Gasteiger charge is 2.38.